The van der Waals surface area contributed by atoms with Crippen molar-refractivity contribution in [3.8, 4) is 0 Å². The molecular weight excluding hydrogens is 441 g/mol. The summed E-state index contributed by atoms with van der Waals surface area (Å²) in [5.41, 5.74) is 3.20. The van der Waals surface area contributed by atoms with Gasteiger partial charge in [-0.2, -0.15) is 5.10 Å². The molecule has 0 aromatic carbocycles. The molecule has 7 nitrogen and oxygen atoms in total. The molecule has 0 fully saturated rings. The van der Waals surface area contributed by atoms with Crippen molar-refractivity contribution in [3.05, 3.63) is 17.0 Å². The van der Waals surface area contributed by atoms with E-state index in [9.17, 15) is 8.42 Å². The lowest BCUT2D eigenvalue weighted by Gasteiger charge is -2.19. The minimum absolute atomic E-state index is 0. The summed E-state index contributed by atoms with van der Waals surface area (Å²) in [5, 5.41) is 10.6. The van der Waals surface area contributed by atoms with Crippen molar-refractivity contribution in [3.63, 3.8) is 0 Å². The molecule has 2 N–H and O–H groups in total. The van der Waals surface area contributed by atoms with Gasteiger partial charge in [0.15, 0.2) is 15.8 Å². The van der Waals surface area contributed by atoms with Gasteiger partial charge in [-0.25, -0.2) is 8.42 Å². The highest BCUT2D eigenvalue weighted by Crippen LogP contribution is 2.15. The van der Waals surface area contributed by atoms with E-state index in [1.165, 1.54) is 0 Å². The molecule has 0 saturated carbocycles. The van der Waals surface area contributed by atoms with Crippen molar-refractivity contribution in [2.24, 2.45) is 12.0 Å². The number of aryl methyl sites for hydroxylation is 2. The molecule has 0 spiro atoms. The third-order valence-electron chi connectivity index (χ3n) is 3.91. The Kier molecular flexibility index (Phi) is 8.71. The fourth-order valence-corrected chi connectivity index (χ4v) is 3.06. The summed E-state index contributed by atoms with van der Waals surface area (Å²) in [7, 11) is 0.439. The maximum Gasteiger partial charge on any atom is 0.191 e. The number of nitrogens with one attached hydrogen (secondary N) is 2. The Morgan fingerprint density at radius 2 is 1.83 bits per heavy atom. The Balaban J connectivity index is 0.00000529. The van der Waals surface area contributed by atoms with Gasteiger partial charge in [0, 0.05) is 38.4 Å². The Bertz CT molecular complexity index is 675. The standard InChI is InChI=1S/C15H29N5O2S.HI/c1-11-13(12(2)20(7)19-11)10-18-14(16-6)17-8-9-23(21,22)15(3,4)5;/h8-10H2,1-7H3,(H2,16,17,18);1H. The molecule has 0 atom stereocenters. The molecule has 0 amide bonds. The van der Waals surface area contributed by atoms with E-state index in [0.717, 1.165) is 17.0 Å². The van der Waals surface area contributed by atoms with Crippen molar-refractivity contribution >= 4 is 39.8 Å². The molecule has 1 aromatic heterocycles. The van der Waals surface area contributed by atoms with Gasteiger partial charge in [-0.15, -0.1) is 24.0 Å². The first-order valence-corrected chi connectivity index (χ1v) is 9.30. The van der Waals surface area contributed by atoms with Crippen LogP contribution in [0.25, 0.3) is 0 Å². The van der Waals surface area contributed by atoms with Gasteiger partial charge in [-0.1, -0.05) is 0 Å². The van der Waals surface area contributed by atoms with Gasteiger partial charge in [0.25, 0.3) is 0 Å². The van der Waals surface area contributed by atoms with Crippen molar-refractivity contribution in [1.82, 2.24) is 20.4 Å². The predicted molar refractivity (Wildman–Crippen MR) is 110 cm³/mol. The topological polar surface area (TPSA) is 88.4 Å². The third kappa shape index (κ3) is 5.91. The van der Waals surface area contributed by atoms with Crippen LogP contribution in [0.5, 0.6) is 0 Å². The SMILES string of the molecule is CN=C(NCCS(=O)(=O)C(C)(C)C)NCc1c(C)nn(C)c1C.I. The fraction of sp³-hybridized carbons (Fsp3) is 0.733. The molecule has 0 aliphatic rings. The number of hydrogen-bond donors (Lipinski definition) is 2. The summed E-state index contributed by atoms with van der Waals surface area (Å²) >= 11 is 0. The zero-order valence-corrected chi connectivity index (χ0v) is 18.7. The largest absolute Gasteiger partial charge is 0.355 e. The maximum absolute atomic E-state index is 12.1. The Labute approximate surface area is 162 Å². The molecule has 0 bridgehead atoms. The molecule has 9 heteroatoms. The first kappa shape index (κ1) is 23.2. The first-order valence-electron chi connectivity index (χ1n) is 7.65. The number of sulfone groups is 1. The van der Waals surface area contributed by atoms with Crippen molar-refractivity contribution < 1.29 is 8.42 Å². The number of nitrogens with zero attached hydrogens (tertiary/aromatic N) is 3. The summed E-state index contributed by atoms with van der Waals surface area (Å²) in [5.74, 6) is 0.652. The van der Waals surface area contributed by atoms with Crippen molar-refractivity contribution in [2.75, 3.05) is 19.3 Å². The van der Waals surface area contributed by atoms with Crippen LogP contribution in [-0.2, 0) is 23.4 Å². The van der Waals surface area contributed by atoms with E-state index in [1.807, 2.05) is 25.6 Å². The van der Waals surface area contributed by atoms with Crippen molar-refractivity contribution in [2.45, 2.75) is 45.9 Å². The van der Waals surface area contributed by atoms with Crippen LogP contribution in [0.2, 0.25) is 0 Å². The number of guanidine groups is 1. The summed E-state index contributed by atoms with van der Waals surface area (Å²) in [4.78, 5) is 4.12. The average molecular weight is 471 g/mol. The zero-order chi connectivity index (χ0) is 17.8. The number of halogens is 1. The van der Waals surface area contributed by atoms with Gasteiger partial charge in [-0.3, -0.25) is 9.67 Å². The Morgan fingerprint density at radius 1 is 1.25 bits per heavy atom. The van der Waals surface area contributed by atoms with E-state index in [1.54, 1.807) is 27.8 Å². The number of hydrogen-bond acceptors (Lipinski definition) is 4. The van der Waals surface area contributed by atoms with Gasteiger partial charge in [0.05, 0.1) is 16.2 Å². The minimum Gasteiger partial charge on any atom is -0.355 e. The third-order valence-corrected chi connectivity index (χ3v) is 6.52. The molecular formula is C15H30IN5O2S. The Morgan fingerprint density at radius 3 is 2.25 bits per heavy atom. The van der Waals surface area contributed by atoms with Crippen LogP contribution in [0.15, 0.2) is 4.99 Å². The van der Waals surface area contributed by atoms with E-state index >= 15 is 0 Å². The summed E-state index contributed by atoms with van der Waals surface area (Å²) in [6.45, 7) is 10.0. The Hall–Kier alpha value is -0.840. The van der Waals surface area contributed by atoms with Crippen LogP contribution in [0.1, 0.15) is 37.7 Å². The zero-order valence-electron chi connectivity index (χ0n) is 15.6. The smallest absolute Gasteiger partial charge is 0.191 e. The second-order valence-electron chi connectivity index (χ2n) is 6.56. The highest BCUT2D eigenvalue weighted by molar-refractivity contribution is 14.0. The van der Waals surface area contributed by atoms with Crippen LogP contribution in [0, 0.1) is 13.8 Å². The van der Waals surface area contributed by atoms with Crippen LogP contribution >= 0.6 is 24.0 Å². The van der Waals surface area contributed by atoms with Gasteiger partial charge >= 0.3 is 0 Å². The van der Waals surface area contributed by atoms with Crippen LogP contribution in [0.3, 0.4) is 0 Å². The normalized spacial score (nSPS) is 12.7. The number of aromatic nitrogens is 2. The van der Waals surface area contributed by atoms with Gasteiger partial charge in [-0.05, 0) is 34.6 Å². The molecule has 0 aliphatic heterocycles. The molecule has 1 aromatic rings. The van der Waals surface area contributed by atoms with Crippen molar-refractivity contribution in [1.29, 1.82) is 0 Å². The minimum atomic E-state index is -3.14. The van der Waals surface area contributed by atoms with Gasteiger partial charge in [0.1, 0.15) is 0 Å². The number of rotatable bonds is 5. The maximum atomic E-state index is 12.1. The summed E-state index contributed by atoms with van der Waals surface area (Å²) in [6.07, 6.45) is 0. The molecule has 0 radical (unpaired) electrons. The molecule has 1 heterocycles. The molecule has 0 saturated heterocycles. The quantitative estimate of drug-likeness (QED) is 0.387. The molecule has 24 heavy (non-hydrogen) atoms. The molecule has 0 unspecified atom stereocenters. The van der Waals surface area contributed by atoms with E-state index in [4.69, 9.17) is 0 Å². The highest BCUT2D eigenvalue weighted by atomic mass is 127. The fourth-order valence-electron chi connectivity index (χ4n) is 2.08. The highest BCUT2D eigenvalue weighted by Gasteiger charge is 2.28. The average Bonchev–Trinajstić information content (AvgIpc) is 2.66. The summed E-state index contributed by atoms with van der Waals surface area (Å²) in [6, 6.07) is 0. The van der Waals surface area contributed by atoms with E-state index in [0.29, 0.717) is 19.0 Å². The number of aliphatic imine (C=N–C) groups is 1. The second kappa shape index (κ2) is 9.02. The van der Waals surface area contributed by atoms with E-state index < -0.39 is 14.6 Å². The van der Waals surface area contributed by atoms with Gasteiger partial charge < -0.3 is 10.6 Å². The van der Waals surface area contributed by atoms with E-state index in [2.05, 4.69) is 20.7 Å². The lowest BCUT2D eigenvalue weighted by atomic mass is 10.2. The van der Waals surface area contributed by atoms with Gasteiger partial charge in [0.2, 0.25) is 0 Å². The lowest BCUT2D eigenvalue weighted by molar-refractivity contribution is 0.559. The second-order valence-corrected chi connectivity index (χ2v) is 9.42. The van der Waals surface area contributed by atoms with E-state index in [-0.39, 0.29) is 29.7 Å². The molecule has 140 valence electrons. The van der Waals surface area contributed by atoms with Crippen LogP contribution in [-0.4, -0.2) is 48.3 Å². The lowest BCUT2D eigenvalue weighted by Crippen LogP contribution is -2.41. The summed E-state index contributed by atoms with van der Waals surface area (Å²) < 4.78 is 25.3. The first-order chi connectivity index (χ1) is 10.5. The molecule has 0 aliphatic carbocycles. The predicted octanol–water partition coefficient (Wildman–Crippen LogP) is 1.53. The monoisotopic (exact) mass is 471 g/mol. The van der Waals surface area contributed by atoms with Crippen LogP contribution < -0.4 is 10.6 Å². The van der Waals surface area contributed by atoms with Crippen LogP contribution in [0.4, 0.5) is 0 Å². The molecule has 1 rings (SSSR count).